The molecule has 0 aromatic carbocycles. The van der Waals surface area contributed by atoms with E-state index >= 15 is 0 Å². The van der Waals surface area contributed by atoms with Gasteiger partial charge in [-0.15, -0.1) is 0 Å². The van der Waals surface area contributed by atoms with Crippen molar-refractivity contribution in [1.29, 1.82) is 0 Å². The van der Waals surface area contributed by atoms with Gasteiger partial charge >= 0.3 is 0 Å². The van der Waals surface area contributed by atoms with Crippen LogP contribution in [0.1, 0.15) is 26.7 Å². The van der Waals surface area contributed by atoms with Crippen LogP contribution in [0.25, 0.3) is 0 Å². The lowest BCUT2D eigenvalue weighted by molar-refractivity contribution is 0.567. The summed E-state index contributed by atoms with van der Waals surface area (Å²) in [4.78, 5) is 8.12. The zero-order chi connectivity index (χ0) is 11.1. The van der Waals surface area contributed by atoms with E-state index in [-0.39, 0.29) is 0 Å². The molecule has 0 aliphatic carbocycles. The van der Waals surface area contributed by atoms with Crippen molar-refractivity contribution in [2.75, 3.05) is 24.2 Å². The Hall–Kier alpha value is -1.32. The number of nitrogens with zero attached hydrogens (tertiary/aromatic N) is 2. The van der Waals surface area contributed by atoms with Gasteiger partial charge in [0.15, 0.2) is 5.82 Å². The average Bonchev–Trinajstić information content (AvgIpc) is 2.24. The summed E-state index contributed by atoms with van der Waals surface area (Å²) >= 11 is 0. The van der Waals surface area contributed by atoms with E-state index in [4.69, 9.17) is 0 Å². The van der Waals surface area contributed by atoms with Crippen molar-refractivity contribution in [2.24, 2.45) is 5.92 Å². The van der Waals surface area contributed by atoms with Crippen molar-refractivity contribution in [3.63, 3.8) is 0 Å². The molecule has 0 atom stereocenters. The molecule has 84 valence electrons. The molecule has 15 heavy (non-hydrogen) atoms. The second kappa shape index (κ2) is 6.22. The van der Waals surface area contributed by atoms with E-state index in [0.29, 0.717) is 0 Å². The molecule has 4 nitrogen and oxygen atoms in total. The predicted molar refractivity (Wildman–Crippen MR) is 64.1 cm³/mol. The lowest BCUT2D eigenvalue weighted by Gasteiger charge is -2.10. The standard InChI is InChI=1S/C11H20N4/c1-9(2)5-4-6-14-10-7-13-8-15-11(10)12-3/h7-9,14H,4-6H2,1-3H3,(H,12,13,15). The van der Waals surface area contributed by atoms with Crippen LogP contribution >= 0.6 is 0 Å². The molecule has 0 fully saturated rings. The van der Waals surface area contributed by atoms with Gasteiger partial charge < -0.3 is 10.6 Å². The minimum atomic E-state index is 0.766. The van der Waals surface area contributed by atoms with E-state index in [0.717, 1.165) is 24.0 Å². The van der Waals surface area contributed by atoms with Crippen molar-refractivity contribution in [3.8, 4) is 0 Å². The first kappa shape index (κ1) is 11.8. The molecular weight excluding hydrogens is 188 g/mol. The minimum Gasteiger partial charge on any atom is -0.381 e. The van der Waals surface area contributed by atoms with Gasteiger partial charge in [0.25, 0.3) is 0 Å². The zero-order valence-corrected chi connectivity index (χ0v) is 9.75. The van der Waals surface area contributed by atoms with E-state index in [2.05, 4.69) is 34.4 Å². The molecule has 0 bridgehead atoms. The summed E-state index contributed by atoms with van der Waals surface area (Å²) in [5, 5.41) is 6.36. The third kappa shape index (κ3) is 4.14. The van der Waals surface area contributed by atoms with Crippen LogP contribution in [0.4, 0.5) is 11.5 Å². The SMILES string of the molecule is CNc1ncncc1NCCCC(C)C. The Balaban J connectivity index is 2.36. The number of hydrogen-bond acceptors (Lipinski definition) is 4. The van der Waals surface area contributed by atoms with Crippen LogP contribution in [0.5, 0.6) is 0 Å². The maximum atomic E-state index is 4.13. The molecular formula is C11H20N4. The number of hydrogen-bond donors (Lipinski definition) is 2. The molecule has 1 aromatic rings. The Morgan fingerprint density at radius 2 is 2.20 bits per heavy atom. The lowest BCUT2D eigenvalue weighted by Crippen LogP contribution is -2.06. The largest absolute Gasteiger partial charge is 0.381 e. The maximum Gasteiger partial charge on any atom is 0.152 e. The first-order chi connectivity index (χ1) is 7.24. The Morgan fingerprint density at radius 3 is 2.87 bits per heavy atom. The van der Waals surface area contributed by atoms with E-state index < -0.39 is 0 Å². The zero-order valence-electron chi connectivity index (χ0n) is 9.75. The minimum absolute atomic E-state index is 0.766. The van der Waals surface area contributed by atoms with Gasteiger partial charge in [-0.25, -0.2) is 9.97 Å². The van der Waals surface area contributed by atoms with Crippen LogP contribution in [-0.4, -0.2) is 23.6 Å². The van der Waals surface area contributed by atoms with Crippen LogP contribution < -0.4 is 10.6 Å². The highest BCUT2D eigenvalue weighted by atomic mass is 15.0. The quantitative estimate of drug-likeness (QED) is 0.705. The fourth-order valence-corrected chi connectivity index (χ4v) is 1.39. The molecule has 2 N–H and O–H groups in total. The third-order valence-corrected chi connectivity index (χ3v) is 2.22. The molecule has 0 spiro atoms. The summed E-state index contributed by atoms with van der Waals surface area (Å²) in [5.74, 6) is 1.62. The Bertz CT molecular complexity index is 286. The van der Waals surface area contributed by atoms with Gasteiger partial charge in [0.1, 0.15) is 6.33 Å². The van der Waals surface area contributed by atoms with Crippen molar-refractivity contribution >= 4 is 11.5 Å². The first-order valence-electron chi connectivity index (χ1n) is 5.45. The summed E-state index contributed by atoms with van der Waals surface area (Å²) in [6, 6.07) is 0. The van der Waals surface area contributed by atoms with Crippen LogP contribution in [-0.2, 0) is 0 Å². The van der Waals surface area contributed by atoms with Gasteiger partial charge in [0.2, 0.25) is 0 Å². The second-order valence-electron chi connectivity index (χ2n) is 4.00. The summed E-state index contributed by atoms with van der Waals surface area (Å²) in [5.41, 5.74) is 0.976. The molecule has 0 saturated heterocycles. The van der Waals surface area contributed by atoms with Gasteiger partial charge in [0, 0.05) is 13.6 Å². The van der Waals surface area contributed by atoms with Crippen molar-refractivity contribution in [3.05, 3.63) is 12.5 Å². The van der Waals surface area contributed by atoms with Gasteiger partial charge in [0.05, 0.1) is 11.9 Å². The highest BCUT2D eigenvalue weighted by molar-refractivity contribution is 5.62. The third-order valence-electron chi connectivity index (χ3n) is 2.22. The van der Waals surface area contributed by atoms with E-state index in [1.165, 1.54) is 12.8 Å². The Kier molecular flexibility index (Phi) is 4.87. The molecule has 0 radical (unpaired) electrons. The molecule has 4 heteroatoms. The van der Waals surface area contributed by atoms with Gasteiger partial charge in [-0.3, -0.25) is 0 Å². The summed E-state index contributed by atoms with van der Waals surface area (Å²) in [6.45, 7) is 5.45. The van der Waals surface area contributed by atoms with Crippen molar-refractivity contribution in [1.82, 2.24) is 9.97 Å². The topological polar surface area (TPSA) is 49.8 Å². The second-order valence-corrected chi connectivity index (χ2v) is 4.00. The van der Waals surface area contributed by atoms with Crippen LogP contribution in [0.15, 0.2) is 12.5 Å². The summed E-state index contributed by atoms with van der Waals surface area (Å²) < 4.78 is 0. The molecule has 1 aromatic heterocycles. The number of nitrogens with one attached hydrogen (secondary N) is 2. The van der Waals surface area contributed by atoms with Gasteiger partial charge in [-0.05, 0) is 18.8 Å². The Labute approximate surface area is 91.5 Å². The smallest absolute Gasteiger partial charge is 0.152 e. The molecule has 1 heterocycles. The fraction of sp³-hybridized carbons (Fsp3) is 0.636. The molecule has 0 saturated carbocycles. The predicted octanol–water partition coefficient (Wildman–Crippen LogP) is 2.37. The maximum absolute atomic E-state index is 4.13. The molecule has 0 amide bonds. The normalized spacial score (nSPS) is 10.4. The molecule has 0 unspecified atom stereocenters. The number of anilines is 2. The average molecular weight is 208 g/mol. The number of aromatic nitrogens is 2. The van der Waals surface area contributed by atoms with Gasteiger partial charge in [-0.1, -0.05) is 13.8 Å². The van der Waals surface area contributed by atoms with Crippen molar-refractivity contribution in [2.45, 2.75) is 26.7 Å². The lowest BCUT2D eigenvalue weighted by atomic mass is 10.1. The Morgan fingerprint density at radius 1 is 1.40 bits per heavy atom. The fourth-order valence-electron chi connectivity index (χ4n) is 1.39. The number of rotatable bonds is 6. The first-order valence-corrected chi connectivity index (χ1v) is 5.45. The van der Waals surface area contributed by atoms with Crippen LogP contribution in [0.2, 0.25) is 0 Å². The molecule has 0 aliphatic heterocycles. The van der Waals surface area contributed by atoms with Gasteiger partial charge in [-0.2, -0.15) is 0 Å². The van der Waals surface area contributed by atoms with Crippen LogP contribution in [0.3, 0.4) is 0 Å². The highest BCUT2D eigenvalue weighted by Crippen LogP contribution is 2.15. The molecule has 1 rings (SSSR count). The monoisotopic (exact) mass is 208 g/mol. The van der Waals surface area contributed by atoms with E-state index in [1.807, 2.05) is 7.05 Å². The van der Waals surface area contributed by atoms with Crippen molar-refractivity contribution < 1.29 is 0 Å². The van der Waals surface area contributed by atoms with E-state index in [1.54, 1.807) is 12.5 Å². The summed E-state index contributed by atoms with van der Waals surface area (Å²) in [6.07, 6.45) is 5.77. The summed E-state index contributed by atoms with van der Waals surface area (Å²) in [7, 11) is 1.86. The molecule has 0 aliphatic rings. The van der Waals surface area contributed by atoms with E-state index in [9.17, 15) is 0 Å². The van der Waals surface area contributed by atoms with Crippen LogP contribution in [0, 0.1) is 5.92 Å². The highest BCUT2D eigenvalue weighted by Gasteiger charge is 2.00.